The number of alkyl halides is 1. The highest BCUT2D eigenvalue weighted by molar-refractivity contribution is 9.09. The predicted octanol–water partition coefficient (Wildman–Crippen LogP) is 2.82. The van der Waals surface area contributed by atoms with Gasteiger partial charge in [-0.2, -0.15) is 0 Å². The molecule has 0 N–H and O–H groups in total. The van der Waals surface area contributed by atoms with E-state index in [4.69, 9.17) is 4.74 Å². The standard InChI is InChI=1S/C14H16BrNO2/c1-16-11-5-4-9(7-10(11)8-13(16)17)14(15)12-3-2-6-18-12/h4-5,7,12,14H,2-3,6,8H2,1H3. The van der Waals surface area contributed by atoms with Crippen molar-refractivity contribution >= 4 is 27.5 Å². The molecule has 0 radical (unpaired) electrons. The van der Waals surface area contributed by atoms with E-state index in [9.17, 15) is 4.79 Å². The molecule has 2 heterocycles. The molecule has 0 saturated carbocycles. The molecule has 0 bridgehead atoms. The molecule has 1 saturated heterocycles. The van der Waals surface area contributed by atoms with Crippen LogP contribution >= 0.6 is 15.9 Å². The van der Waals surface area contributed by atoms with Crippen molar-refractivity contribution in [2.24, 2.45) is 0 Å². The Labute approximate surface area is 115 Å². The van der Waals surface area contributed by atoms with Gasteiger partial charge in [0.1, 0.15) is 0 Å². The first-order valence-corrected chi connectivity index (χ1v) is 7.23. The molecule has 1 aromatic rings. The van der Waals surface area contributed by atoms with Gasteiger partial charge in [-0.3, -0.25) is 4.79 Å². The molecule has 2 aliphatic heterocycles. The SMILES string of the molecule is CN1C(=O)Cc2cc(C(Br)C3CCCO3)ccc21. The van der Waals surface area contributed by atoms with Crippen molar-refractivity contribution in [3.63, 3.8) is 0 Å². The minimum atomic E-state index is 0.172. The molecular weight excluding hydrogens is 294 g/mol. The number of halogens is 1. The molecule has 0 aromatic heterocycles. The number of anilines is 1. The highest BCUT2D eigenvalue weighted by Crippen LogP contribution is 2.37. The fraction of sp³-hybridized carbons (Fsp3) is 0.500. The summed E-state index contributed by atoms with van der Waals surface area (Å²) >= 11 is 3.73. The summed E-state index contributed by atoms with van der Waals surface area (Å²) in [7, 11) is 1.83. The van der Waals surface area contributed by atoms with E-state index in [2.05, 4.69) is 28.1 Å². The third kappa shape index (κ3) is 1.97. The smallest absolute Gasteiger partial charge is 0.231 e. The molecule has 0 spiro atoms. The fourth-order valence-electron chi connectivity index (χ4n) is 2.71. The second-order valence-corrected chi connectivity index (χ2v) is 5.96. The molecule has 0 aliphatic carbocycles. The maximum atomic E-state index is 11.7. The number of ether oxygens (including phenoxy) is 1. The van der Waals surface area contributed by atoms with Gasteiger partial charge in [-0.15, -0.1) is 0 Å². The Kier molecular flexibility index (Phi) is 3.16. The lowest BCUT2D eigenvalue weighted by Gasteiger charge is -2.18. The average molecular weight is 310 g/mol. The summed E-state index contributed by atoms with van der Waals surface area (Å²) < 4.78 is 5.71. The van der Waals surface area contributed by atoms with Crippen molar-refractivity contribution in [3.8, 4) is 0 Å². The molecular formula is C14H16BrNO2. The lowest BCUT2D eigenvalue weighted by molar-refractivity contribution is -0.117. The number of hydrogen-bond acceptors (Lipinski definition) is 2. The van der Waals surface area contributed by atoms with E-state index in [-0.39, 0.29) is 16.8 Å². The summed E-state index contributed by atoms with van der Waals surface area (Å²) in [4.78, 5) is 13.6. The topological polar surface area (TPSA) is 29.5 Å². The molecule has 2 aliphatic rings. The Hall–Kier alpha value is -0.870. The van der Waals surface area contributed by atoms with E-state index in [0.717, 1.165) is 30.7 Å². The van der Waals surface area contributed by atoms with Crippen molar-refractivity contribution in [2.75, 3.05) is 18.6 Å². The Morgan fingerprint density at radius 2 is 2.33 bits per heavy atom. The molecule has 3 rings (SSSR count). The van der Waals surface area contributed by atoms with Crippen LogP contribution in [0.3, 0.4) is 0 Å². The number of carbonyl (C=O) groups excluding carboxylic acids is 1. The van der Waals surface area contributed by atoms with Crippen LogP contribution in [0.25, 0.3) is 0 Å². The number of benzene rings is 1. The Morgan fingerprint density at radius 1 is 1.50 bits per heavy atom. The second-order valence-electron chi connectivity index (χ2n) is 4.97. The predicted molar refractivity (Wildman–Crippen MR) is 74.2 cm³/mol. The average Bonchev–Trinajstić information content (AvgIpc) is 2.98. The zero-order chi connectivity index (χ0) is 12.7. The second kappa shape index (κ2) is 4.67. The highest BCUT2D eigenvalue weighted by Gasteiger charge is 2.28. The van der Waals surface area contributed by atoms with Gasteiger partial charge >= 0.3 is 0 Å². The molecule has 96 valence electrons. The van der Waals surface area contributed by atoms with Gasteiger partial charge in [-0.1, -0.05) is 28.1 Å². The minimum absolute atomic E-state index is 0.172. The zero-order valence-electron chi connectivity index (χ0n) is 10.4. The van der Waals surface area contributed by atoms with Crippen LogP contribution in [0.2, 0.25) is 0 Å². The molecule has 2 unspecified atom stereocenters. The minimum Gasteiger partial charge on any atom is -0.377 e. The van der Waals surface area contributed by atoms with Gasteiger partial charge in [-0.05, 0) is 30.0 Å². The quantitative estimate of drug-likeness (QED) is 0.786. The van der Waals surface area contributed by atoms with E-state index < -0.39 is 0 Å². The van der Waals surface area contributed by atoms with Gasteiger partial charge < -0.3 is 9.64 Å². The number of fused-ring (bicyclic) bond motifs is 1. The number of nitrogens with zero attached hydrogens (tertiary/aromatic N) is 1. The maximum Gasteiger partial charge on any atom is 0.231 e. The number of hydrogen-bond donors (Lipinski definition) is 0. The van der Waals surface area contributed by atoms with Gasteiger partial charge in [0.25, 0.3) is 0 Å². The lowest BCUT2D eigenvalue weighted by Crippen LogP contribution is -2.20. The summed E-state index contributed by atoms with van der Waals surface area (Å²) in [6.45, 7) is 0.860. The monoisotopic (exact) mass is 309 g/mol. The highest BCUT2D eigenvalue weighted by atomic mass is 79.9. The first-order chi connectivity index (χ1) is 8.66. The van der Waals surface area contributed by atoms with Crippen LogP contribution < -0.4 is 4.90 Å². The Morgan fingerprint density at radius 3 is 3.06 bits per heavy atom. The van der Waals surface area contributed by atoms with Crippen LogP contribution in [0.5, 0.6) is 0 Å². The van der Waals surface area contributed by atoms with Gasteiger partial charge in [-0.25, -0.2) is 0 Å². The molecule has 2 atom stereocenters. The van der Waals surface area contributed by atoms with E-state index >= 15 is 0 Å². The number of amides is 1. The van der Waals surface area contributed by atoms with E-state index in [0.29, 0.717) is 6.42 Å². The zero-order valence-corrected chi connectivity index (χ0v) is 11.9. The van der Waals surface area contributed by atoms with E-state index in [1.807, 2.05) is 13.1 Å². The number of rotatable bonds is 2. The molecule has 3 nitrogen and oxygen atoms in total. The third-order valence-electron chi connectivity index (χ3n) is 3.79. The largest absolute Gasteiger partial charge is 0.377 e. The van der Waals surface area contributed by atoms with Gasteiger partial charge in [0.2, 0.25) is 5.91 Å². The number of carbonyl (C=O) groups is 1. The van der Waals surface area contributed by atoms with Gasteiger partial charge in [0, 0.05) is 19.3 Å². The van der Waals surface area contributed by atoms with Crippen LogP contribution in [0.4, 0.5) is 5.69 Å². The van der Waals surface area contributed by atoms with Crippen LogP contribution in [0.15, 0.2) is 18.2 Å². The van der Waals surface area contributed by atoms with Gasteiger partial charge in [0.05, 0.1) is 17.4 Å². The van der Waals surface area contributed by atoms with E-state index in [1.165, 1.54) is 5.56 Å². The normalized spacial score (nSPS) is 24.4. The van der Waals surface area contributed by atoms with Crippen molar-refractivity contribution < 1.29 is 9.53 Å². The molecule has 1 amide bonds. The van der Waals surface area contributed by atoms with Crippen LogP contribution in [-0.2, 0) is 16.0 Å². The summed E-state index contributed by atoms with van der Waals surface area (Å²) in [5.41, 5.74) is 3.38. The Balaban J connectivity index is 1.87. The Bertz CT molecular complexity index is 483. The molecule has 1 fully saturated rings. The van der Waals surface area contributed by atoms with Crippen molar-refractivity contribution in [1.29, 1.82) is 0 Å². The van der Waals surface area contributed by atoms with Gasteiger partial charge in [0.15, 0.2) is 0 Å². The third-order valence-corrected chi connectivity index (χ3v) is 4.91. The number of likely N-dealkylation sites (N-methyl/N-ethyl adjacent to an activating group) is 1. The first-order valence-electron chi connectivity index (χ1n) is 6.32. The van der Waals surface area contributed by atoms with Crippen LogP contribution in [-0.4, -0.2) is 25.7 Å². The van der Waals surface area contributed by atoms with Crippen LogP contribution in [0.1, 0.15) is 28.8 Å². The van der Waals surface area contributed by atoms with Crippen molar-refractivity contribution in [2.45, 2.75) is 30.2 Å². The lowest BCUT2D eigenvalue weighted by atomic mass is 10.0. The van der Waals surface area contributed by atoms with E-state index in [1.54, 1.807) is 4.90 Å². The summed E-state index contributed by atoms with van der Waals surface area (Å²) in [5, 5.41) is 0. The maximum absolute atomic E-state index is 11.7. The molecule has 1 aromatic carbocycles. The summed E-state index contributed by atoms with van der Waals surface area (Å²) in [6.07, 6.45) is 3.02. The van der Waals surface area contributed by atoms with Crippen LogP contribution in [0, 0.1) is 0 Å². The molecule has 18 heavy (non-hydrogen) atoms. The fourth-order valence-corrected chi connectivity index (χ4v) is 3.41. The summed E-state index contributed by atoms with van der Waals surface area (Å²) in [6, 6.07) is 6.27. The molecule has 4 heteroatoms. The first kappa shape index (κ1) is 12.2. The summed E-state index contributed by atoms with van der Waals surface area (Å²) in [5.74, 6) is 0.172. The van der Waals surface area contributed by atoms with Crippen molar-refractivity contribution in [3.05, 3.63) is 29.3 Å². The van der Waals surface area contributed by atoms with Crippen molar-refractivity contribution in [1.82, 2.24) is 0 Å².